The van der Waals surface area contributed by atoms with E-state index in [1.165, 1.54) is 11.3 Å². The van der Waals surface area contributed by atoms with Gasteiger partial charge in [0.25, 0.3) is 0 Å². The molecule has 5 heteroatoms. The number of carboxylic acids is 1. The summed E-state index contributed by atoms with van der Waals surface area (Å²) in [7, 11) is 1.89. The molecule has 0 spiro atoms. The van der Waals surface area contributed by atoms with Crippen molar-refractivity contribution in [3.05, 3.63) is 21.9 Å². The first-order chi connectivity index (χ1) is 7.56. The quantitative estimate of drug-likeness (QED) is 0.854. The molecule has 1 atom stereocenters. The van der Waals surface area contributed by atoms with Crippen molar-refractivity contribution in [1.82, 2.24) is 4.90 Å². The minimum absolute atomic E-state index is 0.131. The Hall–Kier alpha value is -1.38. The molecule has 1 unspecified atom stereocenters. The van der Waals surface area contributed by atoms with Crippen LogP contribution in [0.1, 0.15) is 28.6 Å². The van der Waals surface area contributed by atoms with Crippen LogP contribution in [-0.4, -0.2) is 29.1 Å². The molecule has 0 saturated carbocycles. The molecule has 1 aromatic heterocycles. The van der Waals surface area contributed by atoms with E-state index in [2.05, 4.69) is 6.07 Å². The lowest BCUT2D eigenvalue weighted by Gasteiger charge is -2.22. The Morgan fingerprint density at radius 1 is 1.75 bits per heavy atom. The van der Waals surface area contributed by atoms with Crippen molar-refractivity contribution in [2.45, 2.75) is 25.9 Å². The molecule has 1 rings (SSSR count). The summed E-state index contributed by atoms with van der Waals surface area (Å²) < 4.78 is 0. The molecule has 0 radical (unpaired) electrons. The monoisotopic (exact) mass is 238 g/mol. The Morgan fingerprint density at radius 2 is 2.44 bits per heavy atom. The SMILES string of the molecule is CC(CC#N)N(C)Cc1ccsc1C(=O)O. The number of nitrogens with zero attached hydrogens (tertiary/aromatic N) is 2. The van der Waals surface area contributed by atoms with Gasteiger partial charge < -0.3 is 5.11 Å². The number of carbonyl (C=O) groups is 1. The number of rotatable bonds is 5. The summed E-state index contributed by atoms with van der Waals surface area (Å²) in [4.78, 5) is 13.3. The predicted octanol–water partition coefficient (Wildman–Crippen LogP) is 2.18. The standard InChI is InChI=1S/C11H14N2O2S/c1-8(3-5-12)13(2)7-9-4-6-16-10(9)11(14)15/h4,6,8H,3,7H2,1-2H3,(H,14,15). The summed E-state index contributed by atoms with van der Waals surface area (Å²) in [6, 6.07) is 4.06. The lowest BCUT2D eigenvalue weighted by Crippen LogP contribution is -2.28. The van der Waals surface area contributed by atoms with Gasteiger partial charge in [-0.05, 0) is 31.0 Å². The highest BCUT2D eigenvalue weighted by molar-refractivity contribution is 7.12. The Kier molecular flexibility index (Phi) is 4.47. The van der Waals surface area contributed by atoms with Crippen LogP contribution in [0.5, 0.6) is 0 Å². The molecule has 4 nitrogen and oxygen atoms in total. The van der Waals surface area contributed by atoms with Crippen molar-refractivity contribution in [1.29, 1.82) is 5.26 Å². The second-order valence-corrected chi connectivity index (χ2v) is 4.62. The third kappa shape index (κ3) is 3.05. The van der Waals surface area contributed by atoms with Crippen LogP contribution in [0.4, 0.5) is 0 Å². The molecule has 0 amide bonds. The molecule has 0 aliphatic rings. The van der Waals surface area contributed by atoms with E-state index in [1.54, 1.807) is 5.38 Å². The summed E-state index contributed by atoms with van der Waals surface area (Å²) in [6.07, 6.45) is 0.447. The Labute approximate surface area is 98.7 Å². The minimum Gasteiger partial charge on any atom is -0.477 e. The second-order valence-electron chi connectivity index (χ2n) is 3.71. The van der Waals surface area contributed by atoms with Crippen LogP contribution in [0, 0.1) is 11.3 Å². The Balaban J connectivity index is 2.70. The van der Waals surface area contributed by atoms with Gasteiger partial charge in [0.1, 0.15) is 4.88 Å². The highest BCUT2D eigenvalue weighted by atomic mass is 32.1. The highest BCUT2D eigenvalue weighted by Crippen LogP contribution is 2.19. The minimum atomic E-state index is -0.883. The molecule has 1 aromatic rings. The molecule has 0 aromatic carbocycles. The lowest BCUT2D eigenvalue weighted by molar-refractivity contribution is 0.0700. The molecule has 0 bridgehead atoms. The van der Waals surface area contributed by atoms with E-state index in [4.69, 9.17) is 10.4 Å². The zero-order valence-electron chi connectivity index (χ0n) is 9.30. The van der Waals surface area contributed by atoms with E-state index in [1.807, 2.05) is 24.9 Å². The van der Waals surface area contributed by atoms with E-state index >= 15 is 0 Å². The van der Waals surface area contributed by atoms with Crippen molar-refractivity contribution >= 4 is 17.3 Å². The van der Waals surface area contributed by atoms with Crippen LogP contribution in [0.2, 0.25) is 0 Å². The van der Waals surface area contributed by atoms with Gasteiger partial charge in [-0.15, -0.1) is 11.3 Å². The topological polar surface area (TPSA) is 64.3 Å². The van der Waals surface area contributed by atoms with Gasteiger partial charge in [-0.1, -0.05) is 0 Å². The first kappa shape index (κ1) is 12.7. The molecule has 0 aliphatic carbocycles. The third-order valence-corrected chi connectivity index (χ3v) is 3.44. The van der Waals surface area contributed by atoms with Crippen molar-refractivity contribution in [3.8, 4) is 6.07 Å². The van der Waals surface area contributed by atoms with Gasteiger partial charge in [0.2, 0.25) is 0 Å². The van der Waals surface area contributed by atoms with Crippen LogP contribution in [-0.2, 0) is 6.54 Å². The summed E-state index contributed by atoms with van der Waals surface area (Å²) in [6.45, 7) is 2.52. The first-order valence-electron chi connectivity index (χ1n) is 4.93. The zero-order chi connectivity index (χ0) is 12.1. The van der Waals surface area contributed by atoms with E-state index in [9.17, 15) is 4.79 Å². The number of aromatic carboxylic acids is 1. The molecule has 0 saturated heterocycles. The van der Waals surface area contributed by atoms with Gasteiger partial charge in [-0.2, -0.15) is 5.26 Å². The molecule has 86 valence electrons. The number of thiophene rings is 1. The molecule has 0 fully saturated rings. The van der Waals surface area contributed by atoms with Crippen molar-refractivity contribution in [2.24, 2.45) is 0 Å². The zero-order valence-corrected chi connectivity index (χ0v) is 10.1. The maximum Gasteiger partial charge on any atom is 0.346 e. The van der Waals surface area contributed by atoms with Crippen LogP contribution in [0.15, 0.2) is 11.4 Å². The normalized spacial score (nSPS) is 12.4. The summed E-state index contributed by atoms with van der Waals surface area (Å²) in [5, 5.41) is 19.3. The number of hydrogen-bond donors (Lipinski definition) is 1. The lowest BCUT2D eigenvalue weighted by atomic mass is 10.2. The maximum atomic E-state index is 10.9. The Bertz CT molecular complexity index is 408. The largest absolute Gasteiger partial charge is 0.477 e. The maximum absolute atomic E-state index is 10.9. The van der Waals surface area contributed by atoms with Crippen LogP contribution in [0.3, 0.4) is 0 Å². The number of carboxylic acid groups (broad SMARTS) is 1. The molecule has 1 N–H and O–H groups in total. The smallest absolute Gasteiger partial charge is 0.346 e. The van der Waals surface area contributed by atoms with E-state index in [0.29, 0.717) is 17.8 Å². The number of nitriles is 1. The van der Waals surface area contributed by atoms with Gasteiger partial charge in [-0.25, -0.2) is 4.79 Å². The molecule has 0 aliphatic heterocycles. The summed E-state index contributed by atoms with van der Waals surface area (Å²) >= 11 is 1.23. The molecule has 1 heterocycles. The van der Waals surface area contributed by atoms with Gasteiger partial charge in [0, 0.05) is 12.6 Å². The fraction of sp³-hybridized carbons (Fsp3) is 0.455. The van der Waals surface area contributed by atoms with Gasteiger partial charge in [-0.3, -0.25) is 4.90 Å². The average molecular weight is 238 g/mol. The van der Waals surface area contributed by atoms with Crippen molar-refractivity contribution in [2.75, 3.05) is 7.05 Å². The number of hydrogen-bond acceptors (Lipinski definition) is 4. The van der Waals surface area contributed by atoms with Crippen molar-refractivity contribution in [3.63, 3.8) is 0 Å². The van der Waals surface area contributed by atoms with E-state index < -0.39 is 5.97 Å². The second kappa shape index (κ2) is 5.64. The molecular formula is C11H14N2O2S. The summed E-state index contributed by atoms with van der Waals surface area (Å²) in [5.74, 6) is -0.883. The van der Waals surface area contributed by atoms with Gasteiger partial charge >= 0.3 is 5.97 Å². The molecular weight excluding hydrogens is 224 g/mol. The van der Waals surface area contributed by atoms with Crippen molar-refractivity contribution < 1.29 is 9.90 Å². The van der Waals surface area contributed by atoms with E-state index in [0.717, 1.165) is 5.56 Å². The molecule has 16 heavy (non-hydrogen) atoms. The fourth-order valence-corrected chi connectivity index (χ4v) is 2.11. The average Bonchev–Trinajstić information content (AvgIpc) is 2.66. The highest BCUT2D eigenvalue weighted by Gasteiger charge is 2.15. The van der Waals surface area contributed by atoms with Crippen LogP contribution >= 0.6 is 11.3 Å². The summed E-state index contributed by atoms with van der Waals surface area (Å²) in [5.41, 5.74) is 0.810. The predicted molar refractivity (Wildman–Crippen MR) is 62.4 cm³/mol. The Morgan fingerprint density at radius 3 is 3.00 bits per heavy atom. The van der Waals surface area contributed by atoms with Crippen LogP contribution < -0.4 is 0 Å². The van der Waals surface area contributed by atoms with Crippen LogP contribution in [0.25, 0.3) is 0 Å². The first-order valence-corrected chi connectivity index (χ1v) is 5.81. The third-order valence-electron chi connectivity index (χ3n) is 2.50. The van der Waals surface area contributed by atoms with E-state index in [-0.39, 0.29) is 6.04 Å². The van der Waals surface area contributed by atoms with Gasteiger partial charge in [0.15, 0.2) is 0 Å². The fourth-order valence-electron chi connectivity index (χ4n) is 1.36. The van der Waals surface area contributed by atoms with Gasteiger partial charge in [0.05, 0.1) is 12.5 Å².